The Labute approximate surface area is 146 Å². The maximum absolute atomic E-state index is 12.3. The Morgan fingerprint density at radius 3 is 2.44 bits per heavy atom. The van der Waals surface area contributed by atoms with Gasteiger partial charge in [0.15, 0.2) is 5.96 Å². The number of unbranched alkanes of at least 4 members (excludes halogenated alkanes) is 1. The molecule has 0 aromatic carbocycles. The molecule has 1 unspecified atom stereocenters. The molecule has 0 aromatic heterocycles. The highest BCUT2D eigenvalue weighted by atomic mass is 19.4. The number of piperazine rings is 1. The summed E-state index contributed by atoms with van der Waals surface area (Å²) in [5.74, 6) is 0.739. The van der Waals surface area contributed by atoms with E-state index < -0.39 is 12.6 Å². The van der Waals surface area contributed by atoms with Crippen LogP contribution in [0.15, 0.2) is 4.99 Å². The molecule has 25 heavy (non-hydrogen) atoms. The van der Waals surface area contributed by atoms with Gasteiger partial charge in [-0.3, -0.25) is 9.79 Å². The van der Waals surface area contributed by atoms with Gasteiger partial charge in [-0.25, -0.2) is 0 Å². The molecular formula is C16H27F3N4O2. The van der Waals surface area contributed by atoms with Crippen LogP contribution in [0, 0.1) is 0 Å². The van der Waals surface area contributed by atoms with Gasteiger partial charge in [0, 0.05) is 52.8 Å². The van der Waals surface area contributed by atoms with Crippen molar-refractivity contribution in [1.29, 1.82) is 0 Å². The van der Waals surface area contributed by atoms with Crippen LogP contribution in [0.4, 0.5) is 13.2 Å². The van der Waals surface area contributed by atoms with Gasteiger partial charge in [0.05, 0.1) is 0 Å². The summed E-state index contributed by atoms with van der Waals surface area (Å²) in [6.45, 7) is 3.63. The maximum Gasteiger partial charge on any atom is 0.389 e. The molecule has 0 spiro atoms. The summed E-state index contributed by atoms with van der Waals surface area (Å²) in [5.41, 5.74) is 0. The minimum absolute atomic E-state index is 0.0623. The molecule has 2 aliphatic heterocycles. The number of carbonyl (C=O) groups excluding carboxylic acids is 1. The molecule has 0 aliphatic carbocycles. The van der Waals surface area contributed by atoms with Crippen LogP contribution < -0.4 is 5.32 Å². The summed E-state index contributed by atoms with van der Waals surface area (Å²) < 4.78 is 41.8. The van der Waals surface area contributed by atoms with Crippen LogP contribution in [0.5, 0.6) is 0 Å². The number of hydrogen-bond acceptors (Lipinski definition) is 3. The molecule has 9 heteroatoms. The van der Waals surface area contributed by atoms with Gasteiger partial charge in [0.2, 0.25) is 0 Å². The summed E-state index contributed by atoms with van der Waals surface area (Å²) in [4.78, 5) is 20.4. The number of alkyl halides is 3. The SMILES string of the molecule is CN=C(NCCCCC(F)(F)F)N1CCN(C(=O)C2CCCO2)CC1. The monoisotopic (exact) mass is 364 g/mol. The van der Waals surface area contributed by atoms with Crippen molar-refractivity contribution in [3.63, 3.8) is 0 Å². The van der Waals surface area contributed by atoms with E-state index in [1.807, 2.05) is 9.80 Å². The fourth-order valence-electron chi connectivity index (χ4n) is 3.10. The Balaban J connectivity index is 1.68. The highest BCUT2D eigenvalue weighted by Gasteiger charge is 2.31. The fraction of sp³-hybridized carbons (Fsp3) is 0.875. The van der Waals surface area contributed by atoms with Crippen LogP contribution >= 0.6 is 0 Å². The van der Waals surface area contributed by atoms with E-state index in [2.05, 4.69) is 10.3 Å². The Bertz CT molecular complexity index is 457. The molecular weight excluding hydrogens is 337 g/mol. The summed E-state index contributed by atoms with van der Waals surface area (Å²) in [6, 6.07) is 0. The number of rotatable bonds is 5. The molecule has 0 radical (unpaired) electrons. The molecule has 1 N–H and O–H groups in total. The van der Waals surface area contributed by atoms with Crippen LogP contribution in [0.1, 0.15) is 32.1 Å². The van der Waals surface area contributed by atoms with Crippen molar-refractivity contribution in [3.05, 3.63) is 0 Å². The van der Waals surface area contributed by atoms with Crippen LogP contribution in [0.3, 0.4) is 0 Å². The molecule has 1 amide bonds. The molecule has 0 bridgehead atoms. The van der Waals surface area contributed by atoms with Gasteiger partial charge in [-0.1, -0.05) is 0 Å². The Morgan fingerprint density at radius 1 is 1.20 bits per heavy atom. The first kappa shape index (κ1) is 19.8. The van der Waals surface area contributed by atoms with Crippen LogP contribution in [0.2, 0.25) is 0 Å². The van der Waals surface area contributed by atoms with Crippen molar-refractivity contribution in [2.45, 2.75) is 44.4 Å². The second kappa shape index (κ2) is 9.26. The Morgan fingerprint density at radius 2 is 1.88 bits per heavy atom. The van der Waals surface area contributed by atoms with Crippen LogP contribution in [-0.2, 0) is 9.53 Å². The minimum Gasteiger partial charge on any atom is -0.368 e. The van der Waals surface area contributed by atoms with Crippen molar-refractivity contribution < 1.29 is 22.7 Å². The lowest BCUT2D eigenvalue weighted by Gasteiger charge is -2.37. The summed E-state index contributed by atoms with van der Waals surface area (Å²) in [7, 11) is 1.65. The van der Waals surface area contributed by atoms with Gasteiger partial charge < -0.3 is 19.9 Å². The predicted octanol–water partition coefficient (Wildman–Crippen LogP) is 1.62. The zero-order valence-corrected chi connectivity index (χ0v) is 14.6. The van der Waals surface area contributed by atoms with Crippen LogP contribution in [-0.4, -0.2) is 80.3 Å². The van der Waals surface area contributed by atoms with E-state index in [1.54, 1.807) is 7.05 Å². The molecule has 6 nitrogen and oxygen atoms in total. The quantitative estimate of drug-likeness (QED) is 0.458. The number of hydrogen-bond donors (Lipinski definition) is 1. The molecule has 2 saturated heterocycles. The van der Waals surface area contributed by atoms with Crippen molar-refractivity contribution in [3.8, 4) is 0 Å². The Hall–Kier alpha value is -1.51. The minimum atomic E-state index is -4.09. The van der Waals surface area contributed by atoms with Gasteiger partial charge in [-0.15, -0.1) is 0 Å². The number of nitrogens with one attached hydrogen (secondary N) is 1. The third-order valence-electron chi connectivity index (χ3n) is 4.48. The lowest BCUT2D eigenvalue weighted by atomic mass is 10.2. The molecule has 2 aliphatic rings. The topological polar surface area (TPSA) is 57.2 Å². The number of aliphatic imine (C=N–C) groups is 1. The zero-order valence-electron chi connectivity index (χ0n) is 14.6. The second-order valence-corrected chi connectivity index (χ2v) is 6.36. The summed E-state index contributed by atoms with van der Waals surface area (Å²) in [5, 5.41) is 3.10. The van der Waals surface area contributed by atoms with Crippen molar-refractivity contribution >= 4 is 11.9 Å². The first-order valence-corrected chi connectivity index (χ1v) is 8.83. The lowest BCUT2D eigenvalue weighted by molar-refractivity contribution is -0.142. The molecule has 2 fully saturated rings. The predicted molar refractivity (Wildman–Crippen MR) is 88.4 cm³/mol. The second-order valence-electron chi connectivity index (χ2n) is 6.36. The number of carbonyl (C=O) groups is 1. The van der Waals surface area contributed by atoms with E-state index in [4.69, 9.17) is 4.74 Å². The number of guanidine groups is 1. The smallest absolute Gasteiger partial charge is 0.368 e. The van der Waals surface area contributed by atoms with Crippen LogP contribution in [0.25, 0.3) is 0 Å². The lowest BCUT2D eigenvalue weighted by Crippen LogP contribution is -2.55. The van der Waals surface area contributed by atoms with Gasteiger partial charge in [0.25, 0.3) is 5.91 Å². The van der Waals surface area contributed by atoms with Crippen molar-refractivity contribution in [2.75, 3.05) is 46.4 Å². The summed E-state index contributed by atoms with van der Waals surface area (Å²) in [6.07, 6.45) is -2.86. The van der Waals surface area contributed by atoms with Gasteiger partial charge in [-0.2, -0.15) is 13.2 Å². The largest absolute Gasteiger partial charge is 0.389 e. The zero-order chi connectivity index (χ0) is 18.3. The van der Waals surface area contributed by atoms with E-state index >= 15 is 0 Å². The van der Waals surface area contributed by atoms with Gasteiger partial charge >= 0.3 is 6.18 Å². The molecule has 2 rings (SSSR count). The van der Waals surface area contributed by atoms with E-state index in [1.165, 1.54) is 0 Å². The third-order valence-corrected chi connectivity index (χ3v) is 4.48. The molecule has 0 aromatic rings. The number of amides is 1. The Kier molecular flexibility index (Phi) is 7.34. The van der Waals surface area contributed by atoms with E-state index in [0.29, 0.717) is 51.7 Å². The van der Waals surface area contributed by atoms with Gasteiger partial charge in [0.1, 0.15) is 6.10 Å². The fourth-order valence-corrected chi connectivity index (χ4v) is 3.10. The van der Waals surface area contributed by atoms with E-state index in [9.17, 15) is 18.0 Å². The third kappa shape index (κ3) is 6.37. The first-order valence-electron chi connectivity index (χ1n) is 8.83. The average Bonchev–Trinajstić information content (AvgIpc) is 3.11. The van der Waals surface area contributed by atoms with Crippen molar-refractivity contribution in [1.82, 2.24) is 15.1 Å². The highest BCUT2D eigenvalue weighted by Crippen LogP contribution is 2.21. The number of nitrogens with zero attached hydrogens (tertiary/aromatic N) is 3. The van der Waals surface area contributed by atoms with E-state index in [-0.39, 0.29) is 18.4 Å². The van der Waals surface area contributed by atoms with Crippen molar-refractivity contribution in [2.24, 2.45) is 4.99 Å². The maximum atomic E-state index is 12.3. The number of halogens is 3. The highest BCUT2D eigenvalue weighted by molar-refractivity contribution is 5.82. The standard InChI is InChI=1S/C16H27F3N4O2/c1-20-15(21-7-3-2-6-16(17,18)19)23-10-8-22(9-11-23)14(24)13-5-4-12-25-13/h13H,2-12H2,1H3,(H,20,21). The van der Waals surface area contributed by atoms with E-state index in [0.717, 1.165) is 12.8 Å². The number of ether oxygens (including phenoxy) is 1. The molecule has 0 saturated carbocycles. The van der Waals surface area contributed by atoms with Gasteiger partial charge in [-0.05, 0) is 25.7 Å². The molecule has 1 atom stereocenters. The molecule has 144 valence electrons. The average molecular weight is 364 g/mol. The first-order chi connectivity index (χ1) is 11.9. The summed E-state index contributed by atoms with van der Waals surface area (Å²) >= 11 is 0. The molecule has 2 heterocycles. The normalized spacial score (nSPS) is 22.4.